The average Bonchev–Trinajstić information content (AvgIpc) is 1.78. The molecule has 10 aliphatic rings. The molecule has 2 bridgehead atoms. The van der Waals surface area contributed by atoms with Crippen LogP contribution in [0.3, 0.4) is 0 Å². The van der Waals surface area contributed by atoms with Gasteiger partial charge in [0.25, 0.3) is 0 Å². The smallest absolute Gasteiger partial charge is 0.409 e. The van der Waals surface area contributed by atoms with E-state index in [9.17, 15) is 19.2 Å². The summed E-state index contributed by atoms with van der Waals surface area (Å²) >= 11 is 0. The van der Waals surface area contributed by atoms with Crippen LogP contribution < -0.4 is 15.1 Å². The highest BCUT2D eigenvalue weighted by atomic mass is 16.6. The van der Waals surface area contributed by atoms with Gasteiger partial charge in [-0.2, -0.15) is 0 Å². The lowest BCUT2D eigenvalue weighted by atomic mass is 9.69. The van der Waals surface area contributed by atoms with Gasteiger partial charge in [0.05, 0.1) is 6.61 Å². The van der Waals surface area contributed by atoms with Crippen molar-refractivity contribution in [3.63, 3.8) is 0 Å². The Kier molecular flexibility index (Phi) is 19.9. The van der Waals surface area contributed by atoms with Gasteiger partial charge >= 0.3 is 18.2 Å². The van der Waals surface area contributed by atoms with Gasteiger partial charge in [0.1, 0.15) is 0 Å². The lowest BCUT2D eigenvalue weighted by molar-refractivity contribution is -0.116. The zero-order valence-electron chi connectivity index (χ0n) is 52.9. The zero-order chi connectivity index (χ0) is 59.1. The molecule has 7 heterocycles. The summed E-state index contributed by atoms with van der Waals surface area (Å²) in [5, 5.41) is 3.12. The third-order valence-electron chi connectivity index (χ3n) is 22.9. The van der Waals surface area contributed by atoms with Crippen molar-refractivity contribution in [2.24, 2.45) is 11.8 Å². The molecular weight excluding hydrogens is 1060 g/mol. The van der Waals surface area contributed by atoms with Crippen LogP contribution in [-0.4, -0.2) is 172 Å². The molecule has 466 valence electrons. The van der Waals surface area contributed by atoms with Crippen molar-refractivity contribution in [1.82, 2.24) is 29.4 Å². The van der Waals surface area contributed by atoms with Crippen molar-refractivity contribution in [1.29, 1.82) is 0 Å². The van der Waals surface area contributed by atoms with Crippen LogP contribution >= 0.6 is 0 Å². The van der Waals surface area contributed by atoms with E-state index >= 15 is 0 Å². The molecule has 6 amide bonds. The molecule has 1 N–H and O–H groups in total. The van der Waals surface area contributed by atoms with Gasteiger partial charge in [0, 0.05) is 103 Å². The van der Waals surface area contributed by atoms with Crippen LogP contribution in [-0.2, 0) is 25.8 Å². The number of nitrogens with zero attached hydrogens (tertiary/aromatic N) is 8. The molecule has 7 fully saturated rings. The summed E-state index contributed by atoms with van der Waals surface area (Å²) in [6, 6.07) is 28.2. The highest BCUT2D eigenvalue weighted by molar-refractivity contribution is 5.94. The quantitative estimate of drug-likeness (QED) is 0.257. The number of hydrogen-bond donors (Lipinski definition) is 1. The number of urea groups is 2. The number of carbonyl (C=O) groups excluding carboxylic acids is 4. The Bertz CT molecular complexity index is 2720. The number of amides is 6. The predicted molar refractivity (Wildman–Crippen MR) is 345 cm³/mol. The van der Waals surface area contributed by atoms with Gasteiger partial charge in [-0.1, -0.05) is 93.1 Å². The fourth-order valence-electron chi connectivity index (χ4n) is 18.1. The second kappa shape index (κ2) is 27.5. The van der Waals surface area contributed by atoms with Gasteiger partial charge in [-0.05, 0) is 219 Å². The molecule has 2 unspecified atom stereocenters. The predicted octanol–water partition coefficient (Wildman–Crippen LogP) is 13.5. The first-order valence-electron chi connectivity index (χ1n) is 34.0. The molecule has 2 atom stereocenters. The maximum atomic E-state index is 12.9. The molecule has 7 aliphatic heterocycles. The lowest BCUT2D eigenvalue weighted by Crippen LogP contribution is -2.51. The SMILES string of the molecule is CCOC(=O)N1CCC(N2CCC3(CCCN(C(=O)N(C)C)c4ccccc43)CC2)CC1.CN(C)C(=O)N1CCCC2(CCN(C3CC4CCC(C4)C3)CC2)c2ccccc21.O=C1CCC2(CCN(C3CCCCCC3)CC2)c2ccccc2N1.[HH]. The van der Waals surface area contributed by atoms with E-state index in [1.165, 1.54) is 146 Å². The van der Waals surface area contributed by atoms with Crippen molar-refractivity contribution in [3.8, 4) is 0 Å². The molecule has 85 heavy (non-hydrogen) atoms. The van der Waals surface area contributed by atoms with Gasteiger partial charge in [-0.3, -0.25) is 14.6 Å². The summed E-state index contributed by atoms with van der Waals surface area (Å²) < 4.78 is 5.16. The van der Waals surface area contributed by atoms with Crippen LogP contribution in [0.2, 0.25) is 0 Å². The maximum Gasteiger partial charge on any atom is 0.409 e. The first-order chi connectivity index (χ1) is 41.3. The van der Waals surface area contributed by atoms with E-state index in [-0.39, 0.29) is 41.7 Å². The number of ether oxygens (including phenoxy) is 1. The number of hydrogen-bond acceptors (Lipinski definition) is 8. The van der Waals surface area contributed by atoms with Gasteiger partial charge in [0.15, 0.2) is 0 Å². The third-order valence-corrected chi connectivity index (χ3v) is 22.9. The number of piperidine rings is 4. The second-order valence-electron chi connectivity index (χ2n) is 28.2. The summed E-state index contributed by atoms with van der Waals surface area (Å²) in [5.74, 6) is 2.21. The van der Waals surface area contributed by atoms with E-state index in [1.54, 1.807) is 9.80 Å². The van der Waals surface area contributed by atoms with Crippen LogP contribution in [0.15, 0.2) is 72.8 Å². The van der Waals surface area contributed by atoms with Crippen LogP contribution in [0.25, 0.3) is 0 Å². The van der Waals surface area contributed by atoms with Crippen molar-refractivity contribution in [2.45, 2.75) is 202 Å². The first kappa shape index (κ1) is 61.5. The summed E-state index contributed by atoms with van der Waals surface area (Å²) in [6.45, 7) is 12.5. The van der Waals surface area contributed by atoms with Crippen molar-refractivity contribution >= 4 is 41.1 Å². The molecule has 3 aromatic rings. The van der Waals surface area contributed by atoms with Gasteiger partial charge in [-0.15, -0.1) is 0 Å². The Labute approximate surface area is 512 Å². The van der Waals surface area contributed by atoms with Crippen LogP contribution in [0.4, 0.5) is 31.4 Å². The van der Waals surface area contributed by atoms with E-state index in [0.717, 1.165) is 132 Å². The second-order valence-corrected chi connectivity index (χ2v) is 28.2. The van der Waals surface area contributed by atoms with Gasteiger partial charge in [0.2, 0.25) is 5.91 Å². The minimum Gasteiger partial charge on any atom is -0.450 e. The molecule has 0 aromatic heterocycles. The van der Waals surface area contributed by atoms with Crippen LogP contribution in [0, 0.1) is 11.8 Å². The molecule has 13 rings (SSSR count). The van der Waals surface area contributed by atoms with E-state index in [1.807, 2.05) is 55.9 Å². The number of anilines is 3. The van der Waals surface area contributed by atoms with Crippen molar-refractivity contribution in [2.75, 3.05) is 115 Å². The summed E-state index contributed by atoms with van der Waals surface area (Å²) in [4.78, 5) is 67.3. The number of likely N-dealkylation sites (tertiary alicyclic amines) is 4. The fraction of sp³-hybridized carbons (Fsp3) is 0.690. The van der Waals surface area contributed by atoms with E-state index < -0.39 is 0 Å². The van der Waals surface area contributed by atoms with E-state index in [4.69, 9.17) is 4.74 Å². The lowest BCUT2D eigenvalue weighted by Gasteiger charge is -2.46. The molecule has 14 nitrogen and oxygen atoms in total. The number of carbonyl (C=O) groups is 4. The van der Waals surface area contributed by atoms with E-state index in [0.29, 0.717) is 19.1 Å². The van der Waals surface area contributed by atoms with Gasteiger partial charge in [-0.25, -0.2) is 14.4 Å². The normalized spacial score (nSPS) is 26.1. The number of rotatable bonds is 4. The Morgan fingerprint density at radius 1 is 0.494 bits per heavy atom. The Balaban J connectivity index is 0.000000144. The molecule has 0 radical (unpaired) electrons. The number of fused-ring (bicyclic) bond motifs is 8. The zero-order valence-corrected chi connectivity index (χ0v) is 52.9. The largest absolute Gasteiger partial charge is 0.450 e. The number of nitrogens with one attached hydrogen (secondary N) is 1. The Hall–Kier alpha value is -5.18. The average molecular weight is 1170 g/mol. The summed E-state index contributed by atoms with van der Waals surface area (Å²) in [7, 11) is 7.39. The molecule has 3 saturated carbocycles. The molecule has 3 aliphatic carbocycles. The minimum atomic E-state index is -0.171. The minimum absolute atomic E-state index is 0. The fourth-order valence-corrected chi connectivity index (χ4v) is 18.1. The summed E-state index contributed by atoms with van der Waals surface area (Å²) in [6.07, 6.45) is 31.0. The molecule has 3 spiro atoms. The topological polar surface area (TPSA) is 115 Å². The Morgan fingerprint density at radius 3 is 1.41 bits per heavy atom. The highest BCUT2D eigenvalue weighted by Gasteiger charge is 2.46. The molecule has 14 heteroatoms. The molecule has 3 aromatic carbocycles. The number of benzene rings is 3. The maximum absolute atomic E-state index is 12.9. The summed E-state index contributed by atoms with van der Waals surface area (Å²) in [5.41, 5.74) is 8.09. The first-order valence-corrected chi connectivity index (χ1v) is 34.0. The van der Waals surface area contributed by atoms with Crippen LogP contribution in [0.5, 0.6) is 0 Å². The monoisotopic (exact) mass is 1170 g/mol. The van der Waals surface area contributed by atoms with Crippen LogP contribution in [0.1, 0.15) is 186 Å². The number of para-hydroxylation sites is 3. The standard InChI is InChI=1S/C25H38N4O3.C25H37N3O.C21H30N2O.H2/c1-4-32-24(31)28-16-10-20(11-17-28)27-18-13-25(14-19-27)12-7-15-29(23(30)26(2)3)22-9-6-5-8-21(22)25;1-26(2)24(29)28-13-5-10-25(22-6-3-4-7-23(22)28)11-14-27(15-12-25)21-17-19-8-9-20(16-19)18-21;24-20-11-12-21(18-9-5-6-10-19(18)22-20)13-15-23(16-14-21)17-7-3-1-2-4-8-17;/h5-6,8-9,20H,4,7,10-19H2,1-3H3;3-4,6-7,19-21H,5,8-18H2,1-2H3;5-6,9-10,17H,1-4,7-8,11-16H2,(H,22,24);1H. The van der Waals surface area contributed by atoms with E-state index in [2.05, 4.69) is 86.7 Å². The Morgan fingerprint density at radius 2 is 0.929 bits per heavy atom. The third kappa shape index (κ3) is 13.6. The van der Waals surface area contributed by atoms with Crippen molar-refractivity contribution < 1.29 is 25.3 Å². The van der Waals surface area contributed by atoms with Crippen molar-refractivity contribution in [3.05, 3.63) is 89.5 Å². The molecule has 4 saturated heterocycles. The molecular formula is C71H107N9O5. The highest BCUT2D eigenvalue weighted by Crippen LogP contribution is 2.51. The van der Waals surface area contributed by atoms with Gasteiger partial charge < -0.3 is 39.5 Å².